The van der Waals surface area contributed by atoms with Gasteiger partial charge in [0.1, 0.15) is 60.6 Å². The van der Waals surface area contributed by atoms with Crippen LogP contribution in [0.4, 0.5) is 5.69 Å². The molecule has 13 N–H and O–H groups in total. The van der Waals surface area contributed by atoms with E-state index < -0.39 is 110 Å². The van der Waals surface area contributed by atoms with Gasteiger partial charge in [0.2, 0.25) is 6.29 Å². The van der Waals surface area contributed by atoms with Crippen LogP contribution in [0, 0.1) is 0 Å². The smallest absolute Gasteiger partial charge is 0.363 e. The summed E-state index contributed by atoms with van der Waals surface area (Å²) in [5.74, 6) is -6.60. The van der Waals surface area contributed by atoms with Crippen LogP contribution in [-0.2, 0) is 39.8 Å². The Bertz CT molecular complexity index is 1600. The van der Waals surface area contributed by atoms with Crippen LogP contribution in [0.1, 0.15) is 12.0 Å². The first-order chi connectivity index (χ1) is 24.0. The highest BCUT2D eigenvalue weighted by Crippen LogP contribution is 2.37. The van der Waals surface area contributed by atoms with Crippen LogP contribution in [0.2, 0.25) is 0 Å². The Kier molecular flexibility index (Phi) is 11.2. The summed E-state index contributed by atoms with van der Waals surface area (Å²) in [5.41, 5.74) is 0.594. The second kappa shape index (κ2) is 15.1. The summed E-state index contributed by atoms with van der Waals surface area (Å²) in [5, 5.41) is 113. The maximum absolute atomic E-state index is 12.3. The summed E-state index contributed by atoms with van der Waals surface area (Å²) < 4.78 is 22.0. The molecule has 4 aliphatic heterocycles. The number of hydrogen-bond donors (Lipinski definition) is 13. The molecule has 0 bridgehead atoms. The highest BCUT2D eigenvalue weighted by atomic mass is 16.8. The standard InChI is InChI=1S/C30H36N2O19/c33-8-17-18(35)20(37)24(51-29-22(39)19(36)21(38)23(50-29)28(46)47)30(49-17)48-16-6-10-5-14(27(44)45)32(13(10)7-15(16)34)2-1-9-3-11(25(40)41)31-12(4-9)26(42)43/h1,3,6-7,12,14,17-24,29-31,33-39H,2,4-5,8H2,(H,40,41)(H,42,43)(H,44,45)(H,46,47)/p+1. The summed E-state index contributed by atoms with van der Waals surface area (Å²) >= 11 is 0. The number of rotatable bonds is 11. The molecule has 280 valence electrons. The molecule has 51 heavy (non-hydrogen) atoms. The number of carboxylic acid groups (broad SMARTS) is 4. The van der Waals surface area contributed by atoms with Crippen molar-refractivity contribution in [3.8, 4) is 11.5 Å². The van der Waals surface area contributed by atoms with E-state index in [2.05, 4.69) is 5.32 Å². The molecular weight excluding hydrogens is 692 g/mol. The van der Waals surface area contributed by atoms with Crippen LogP contribution in [-0.4, -0.2) is 167 Å². The molecule has 13 atom stereocenters. The summed E-state index contributed by atoms with van der Waals surface area (Å²) in [6.07, 6.45) is -16.9. The Morgan fingerprint density at radius 1 is 0.863 bits per heavy atom. The molecule has 4 aliphatic rings. The van der Waals surface area contributed by atoms with E-state index in [0.29, 0.717) is 21.7 Å². The summed E-state index contributed by atoms with van der Waals surface area (Å²) in [6.45, 7) is -0.920. The Morgan fingerprint density at radius 2 is 1.57 bits per heavy atom. The number of carboxylic acids is 4. The van der Waals surface area contributed by atoms with Crippen molar-refractivity contribution in [1.82, 2.24) is 5.32 Å². The van der Waals surface area contributed by atoms with Gasteiger partial charge in [-0.05, 0) is 23.8 Å². The van der Waals surface area contributed by atoms with E-state index in [9.17, 15) is 75.3 Å². The normalized spacial score (nSPS) is 37.2. The van der Waals surface area contributed by atoms with Gasteiger partial charge in [0.05, 0.1) is 6.61 Å². The lowest BCUT2D eigenvalue weighted by Gasteiger charge is -2.45. The number of hydrogen-bond acceptors (Lipinski definition) is 16. The molecule has 0 amide bonds. The van der Waals surface area contributed by atoms with Gasteiger partial charge in [-0.2, -0.15) is 0 Å². The van der Waals surface area contributed by atoms with Crippen LogP contribution in [0.25, 0.3) is 0 Å². The molecule has 1 aromatic rings. The van der Waals surface area contributed by atoms with Crippen molar-refractivity contribution in [2.24, 2.45) is 0 Å². The van der Waals surface area contributed by atoms with Crippen molar-refractivity contribution in [1.29, 1.82) is 0 Å². The van der Waals surface area contributed by atoms with E-state index in [0.717, 1.165) is 0 Å². The first kappa shape index (κ1) is 37.8. The van der Waals surface area contributed by atoms with Gasteiger partial charge in [-0.15, -0.1) is 0 Å². The first-order valence-electron chi connectivity index (χ1n) is 15.5. The maximum Gasteiger partial charge on any atom is 0.363 e. The second-order valence-electron chi connectivity index (χ2n) is 12.3. The number of fused-ring (bicyclic) bond motifs is 1. The average Bonchev–Trinajstić information content (AvgIpc) is 3.43. The quantitative estimate of drug-likeness (QED) is 0.101. The summed E-state index contributed by atoms with van der Waals surface area (Å²) in [7, 11) is 0. The fourth-order valence-electron chi connectivity index (χ4n) is 6.35. The fourth-order valence-corrected chi connectivity index (χ4v) is 6.35. The predicted octanol–water partition coefficient (Wildman–Crippen LogP) is -5.65. The van der Waals surface area contributed by atoms with Crippen LogP contribution in [0.3, 0.4) is 0 Å². The fraction of sp³-hybridized carbons (Fsp3) is 0.533. The Morgan fingerprint density at radius 3 is 2.18 bits per heavy atom. The SMILES string of the molecule is O=C(O)C1=CC(=CC[NH+]2c3cc(O)c(OC4OC(CO)C(O)C(O)C4OC4OC(C(=O)O)C(O)C(O)C4O)cc3CC2C(=O)O)CC(C(=O)O)N1. The van der Waals surface area contributed by atoms with Crippen LogP contribution in [0.15, 0.2) is 35.6 Å². The van der Waals surface area contributed by atoms with Crippen molar-refractivity contribution in [3.63, 3.8) is 0 Å². The Labute approximate surface area is 286 Å². The Balaban J connectivity index is 1.42. The van der Waals surface area contributed by atoms with E-state index in [1.54, 1.807) is 0 Å². The third-order valence-electron chi connectivity index (χ3n) is 9.06. The van der Waals surface area contributed by atoms with Crippen molar-refractivity contribution >= 4 is 29.6 Å². The van der Waals surface area contributed by atoms with Gasteiger partial charge >= 0.3 is 23.9 Å². The number of phenols is 1. The molecule has 0 aromatic heterocycles. The number of phenolic OH excluding ortho intramolecular Hbond substituents is 1. The molecule has 0 spiro atoms. The number of quaternary nitrogens is 1. The second-order valence-corrected chi connectivity index (χ2v) is 12.3. The lowest BCUT2D eigenvalue weighted by molar-refractivity contribution is -0.838. The number of benzene rings is 1. The van der Waals surface area contributed by atoms with Crippen LogP contribution >= 0.6 is 0 Å². The molecule has 21 heteroatoms. The summed E-state index contributed by atoms with van der Waals surface area (Å²) in [4.78, 5) is 47.2. The predicted molar refractivity (Wildman–Crippen MR) is 159 cm³/mol. The van der Waals surface area contributed by atoms with Gasteiger partial charge in [-0.1, -0.05) is 0 Å². The highest BCUT2D eigenvalue weighted by Gasteiger charge is 2.53. The van der Waals surface area contributed by atoms with Gasteiger partial charge in [-0.25, -0.2) is 19.2 Å². The van der Waals surface area contributed by atoms with Crippen molar-refractivity contribution < 1.29 is 99.2 Å². The minimum atomic E-state index is -2.09. The average molecular weight is 730 g/mol. The molecule has 2 saturated heterocycles. The van der Waals surface area contributed by atoms with Crippen LogP contribution < -0.4 is 15.0 Å². The van der Waals surface area contributed by atoms with E-state index in [1.165, 1.54) is 24.3 Å². The minimum Gasteiger partial charge on any atom is -0.504 e. The lowest BCUT2D eigenvalue weighted by Crippen LogP contribution is -3.11. The topological polar surface area (TPSA) is 344 Å². The number of nitrogens with one attached hydrogen (secondary N) is 2. The molecule has 4 heterocycles. The number of aliphatic carboxylic acids is 4. The number of aromatic hydroxyl groups is 1. The highest BCUT2D eigenvalue weighted by molar-refractivity contribution is 5.89. The molecule has 0 radical (unpaired) electrons. The van der Waals surface area contributed by atoms with Gasteiger partial charge in [0.25, 0.3) is 0 Å². The van der Waals surface area contributed by atoms with Crippen molar-refractivity contribution in [3.05, 3.63) is 41.1 Å². The van der Waals surface area contributed by atoms with E-state index >= 15 is 0 Å². The van der Waals surface area contributed by atoms with Gasteiger partial charge in [0, 0.05) is 24.5 Å². The zero-order valence-electron chi connectivity index (χ0n) is 26.3. The minimum absolute atomic E-state index is 0.0693. The van der Waals surface area contributed by atoms with E-state index in [4.69, 9.17) is 18.9 Å². The third kappa shape index (κ3) is 7.62. The number of aliphatic hydroxyl groups excluding tert-OH is 6. The molecule has 13 unspecified atom stereocenters. The largest absolute Gasteiger partial charge is 0.504 e. The molecule has 0 saturated carbocycles. The molecule has 0 aliphatic carbocycles. The van der Waals surface area contributed by atoms with Gasteiger partial charge < -0.3 is 80.4 Å². The molecule has 2 fully saturated rings. The van der Waals surface area contributed by atoms with Gasteiger partial charge in [0.15, 0.2) is 36.0 Å². The van der Waals surface area contributed by atoms with Crippen molar-refractivity contribution in [2.75, 3.05) is 13.2 Å². The molecule has 21 nitrogen and oxygen atoms in total. The number of aliphatic hydroxyl groups is 6. The first-order valence-corrected chi connectivity index (χ1v) is 15.5. The molecular formula is C30H37N2O19+. The number of allylic oxidation sites excluding steroid dienone is 1. The molecule has 1 aromatic carbocycles. The van der Waals surface area contributed by atoms with Crippen LogP contribution in [0.5, 0.6) is 11.5 Å². The lowest BCUT2D eigenvalue weighted by atomic mass is 9.97. The zero-order chi connectivity index (χ0) is 37.5. The monoisotopic (exact) mass is 729 g/mol. The van der Waals surface area contributed by atoms with Crippen molar-refractivity contribution in [2.45, 2.75) is 86.3 Å². The maximum atomic E-state index is 12.3. The number of ether oxygens (including phenoxy) is 4. The molecule has 5 rings (SSSR count). The zero-order valence-corrected chi connectivity index (χ0v) is 26.3. The Hall–Kier alpha value is -4.42. The number of carbonyl (C=O) groups is 4. The van der Waals surface area contributed by atoms with Gasteiger partial charge in [-0.3, -0.25) is 4.90 Å². The van der Waals surface area contributed by atoms with E-state index in [-0.39, 0.29) is 30.8 Å². The van der Waals surface area contributed by atoms with E-state index in [1.807, 2.05) is 0 Å². The summed E-state index contributed by atoms with van der Waals surface area (Å²) in [6, 6.07) is 0.0689. The third-order valence-corrected chi connectivity index (χ3v) is 9.06.